The lowest BCUT2D eigenvalue weighted by atomic mass is 9.93. The number of benzene rings is 3. The maximum Gasteiger partial charge on any atom is 0.251 e. The van der Waals surface area contributed by atoms with E-state index in [2.05, 4.69) is 26.2 Å². The Morgan fingerprint density at radius 3 is 2.64 bits per heavy atom. The van der Waals surface area contributed by atoms with E-state index in [1.165, 1.54) is 0 Å². The number of nitrogens with zero attached hydrogens (tertiary/aromatic N) is 2. The summed E-state index contributed by atoms with van der Waals surface area (Å²) in [7, 11) is 0. The van der Waals surface area contributed by atoms with Gasteiger partial charge in [0.2, 0.25) is 0 Å². The highest BCUT2D eigenvalue weighted by molar-refractivity contribution is 9.10. The molecule has 0 spiro atoms. The monoisotopic (exact) mass is 537 g/mol. The fourth-order valence-corrected chi connectivity index (χ4v) is 4.68. The van der Waals surface area contributed by atoms with Crippen LogP contribution in [-0.2, 0) is 0 Å². The number of hydrogen-bond acceptors (Lipinski definition) is 5. The van der Waals surface area contributed by atoms with Crippen LogP contribution in [0.4, 0.5) is 5.82 Å². The molecule has 1 amide bonds. The number of Topliss-reactive ketones (excluding diaryl/α,β-unsaturated/α-hetero) is 1. The Kier molecular flexibility index (Phi) is 5.62. The summed E-state index contributed by atoms with van der Waals surface area (Å²) in [6.07, 6.45) is 4.77. The van der Waals surface area contributed by atoms with Crippen molar-refractivity contribution in [3.63, 3.8) is 0 Å². The summed E-state index contributed by atoms with van der Waals surface area (Å²) in [6, 6.07) is 24.5. The third kappa shape index (κ3) is 4.07. The van der Waals surface area contributed by atoms with E-state index in [1.807, 2.05) is 77.7 Å². The topological polar surface area (TPSA) is 71.5 Å². The van der Waals surface area contributed by atoms with Gasteiger partial charge in [0, 0.05) is 28.1 Å². The predicted molar refractivity (Wildman–Crippen MR) is 142 cm³/mol. The second-order valence-electron chi connectivity index (χ2n) is 8.56. The molecule has 176 valence electrons. The molecular weight excluding hydrogens is 518 g/mol. The number of carbonyl (C=O) groups excluding carboxylic acids is 2. The highest BCUT2D eigenvalue weighted by Crippen LogP contribution is 2.35. The summed E-state index contributed by atoms with van der Waals surface area (Å²) < 4.78 is 6.99. The number of anilines is 1. The molecule has 0 saturated carbocycles. The van der Waals surface area contributed by atoms with Gasteiger partial charge in [0.05, 0.1) is 17.7 Å². The molecule has 36 heavy (non-hydrogen) atoms. The van der Waals surface area contributed by atoms with Gasteiger partial charge in [-0.05, 0) is 69.2 Å². The van der Waals surface area contributed by atoms with E-state index in [-0.39, 0.29) is 18.2 Å². The number of rotatable bonds is 4. The maximum absolute atomic E-state index is 13.2. The van der Waals surface area contributed by atoms with E-state index < -0.39 is 6.10 Å². The van der Waals surface area contributed by atoms with Gasteiger partial charge in [-0.3, -0.25) is 9.59 Å². The third-order valence-corrected chi connectivity index (χ3v) is 6.75. The molecule has 7 heteroatoms. The molecule has 4 aromatic rings. The van der Waals surface area contributed by atoms with Crippen LogP contribution >= 0.6 is 15.9 Å². The van der Waals surface area contributed by atoms with Crippen molar-refractivity contribution in [3.8, 4) is 5.75 Å². The maximum atomic E-state index is 13.2. The van der Waals surface area contributed by atoms with Gasteiger partial charge in [-0.15, -0.1) is 0 Å². The van der Waals surface area contributed by atoms with Gasteiger partial charge in [-0.25, -0.2) is 4.98 Å². The fourth-order valence-electron chi connectivity index (χ4n) is 4.45. The summed E-state index contributed by atoms with van der Waals surface area (Å²) >= 11 is 3.42. The Morgan fingerprint density at radius 1 is 1.00 bits per heavy atom. The van der Waals surface area contributed by atoms with Crippen molar-refractivity contribution in [3.05, 3.63) is 124 Å². The van der Waals surface area contributed by atoms with Crippen molar-refractivity contribution in [1.82, 2.24) is 10.3 Å². The number of ketones is 1. The highest BCUT2D eigenvalue weighted by Gasteiger charge is 2.35. The molecule has 0 fully saturated rings. The van der Waals surface area contributed by atoms with Gasteiger partial charge in [-0.2, -0.15) is 0 Å². The molecule has 0 radical (unpaired) electrons. The van der Waals surface area contributed by atoms with Gasteiger partial charge < -0.3 is 15.0 Å². The molecule has 0 bridgehead atoms. The number of ether oxygens (including phenoxy) is 1. The largest absolute Gasteiger partial charge is 0.481 e. The molecule has 1 aromatic heterocycles. The smallest absolute Gasteiger partial charge is 0.251 e. The molecule has 1 atom stereocenters. The lowest BCUT2D eigenvalue weighted by Crippen LogP contribution is -2.39. The summed E-state index contributed by atoms with van der Waals surface area (Å²) in [5.74, 6) is 0.906. The van der Waals surface area contributed by atoms with Gasteiger partial charge in [0.15, 0.2) is 5.78 Å². The Balaban J connectivity index is 1.31. The van der Waals surface area contributed by atoms with Crippen LogP contribution in [0.1, 0.15) is 20.7 Å². The zero-order valence-corrected chi connectivity index (χ0v) is 20.6. The highest BCUT2D eigenvalue weighted by atomic mass is 79.9. The van der Waals surface area contributed by atoms with Crippen molar-refractivity contribution in [2.24, 2.45) is 0 Å². The van der Waals surface area contributed by atoms with Crippen molar-refractivity contribution in [1.29, 1.82) is 0 Å². The van der Waals surface area contributed by atoms with Crippen molar-refractivity contribution < 1.29 is 14.3 Å². The lowest BCUT2D eigenvalue weighted by Gasteiger charge is -2.34. The average Bonchev–Trinajstić information content (AvgIpc) is 2.92. The zero-order chi connectivity index (χ0) is 24.6. The quantitative estimate of drug-likeness (QED) is 0.363. The minimum atomic E-state index is -0.549. The molecule has 2 aliphatic rings. The van der Waals surface area contributed by atoms with Gasteiger partial charge in [0.25, 0.3) is 5.91 Å². The summed E-state index contributed by atoms with van der Waals surface area (Å²) in [4.78, 5) is 32.6. The zero-order valence-electron chi connectivity index (χ0n) is 19.0. The molecule has 6 nitrogen and oxygen atoms in total. The number of fused-ring (bicyclic) bond motifs is 3. The molecule has 1 unspecified atom stereocenters. The first-order chi connectivity index (χ1) is 17.6. The van der Waals surface area contributed by atoms with Crippen LogP contribution in [0.25, 0.3) is 10.8 Å². The predicted octanol–water partition coefficient (Wildman–Crippen LogP) is 5.66. The fraction of sp³-hybridized carbons (Fsp3) is 0.0690. The Morgan fingerprint density at radius 2 is 1.81 bits per heavy atom. The summed E-state index contributed by atoms with van der Waals surface area (Å²) in [6.45, 7) is 0.225. The second kappa shape index (κ2) is 9.09. The number of pyridine rings is 1. The minimum absolute atomic E-state index is 0.0838. The first-order valence-corrected chi connectivity index (χ1v) is 12.3. The average molecular weight is 538 g/mol. The van der Waals surface area contributed by atoms with Crippen LogP contribution in [0.2, 0.25) is 0 Å². The van der Waals surface area contributed by atoms with Crippen molar-refractivity contribution in [2.45, 2.75) is 6.10 Å². The Hall–Kier alpha value is -4.23. The number of amides is 1. The van der Waals surface area contributed by atoms with E-state index in [0.29, 0.717) is 28.3 Å². The first kappa shape index (κ1) is 22.2. The van der Waals surface area contributed by atoms with Crippen molar-refractivity contribution in [2.75, 3.05) is 11.4 Å². The molecule has 2 aliphatic heterocycles. The number of halogens is 1. The third-order valence-electron chi connectivity index (χ3n) is 6.28. The van der Waals surface area contributed by atoms with Crippen LogP contribution in [0.15, 0.2) is 113 Å². The summed E-state index contributed by atoms with van der Waals surface area (Å²) in [5.41, 5.74) is 2.38. The molecule has 3 aromatic carbocycles. The lowest BCUT2D eigenvalue weighted by molar-refractivity contribution is 0.0951. The Bertz CT molecular complexity index is 1580. The van der Waals surface area contributed by atoms with E-state index >= 15 is 0 Å². The van der Waals surface area contributed by atoms with Crippen LogP contribution in [0, 0.1) is 0 Å². The van der Waals surface area contributed by atoms with E-state index in [0.717, 1.165) is 20.9 Å². The van der Waals surface area contributed by atoms with Crippen LogP contribution in [0.5, 0.6) is 5.75 Å². The second-order valence-corrected chi connectivity index (χ2v) is 9.47. The van der Waals surface area contributed by atoms with E-state index in [9.17, 15) is 9.59 Å². The van der Waals surface area contributed by atoms with Crippen LogP contribution in [0.3, 0.4) is 0 Å². The standard InChI is InChI=1S/C29H20BrN3O3/c30-21-11-12-27(31-15-21)33-17-24-26(36-25-8-4-3-7-23(25)28(24)34)14-22(33)16-32-29(35)20-10-9-18-5-1-2-6-19(18)13-20/h1-15,17,26H,16H2,(H,32,35). The van der Waals surface area contributed by atoms with Crippen LogP contribution in [-0.4, -0.2) is 29.3 Å². The van der Waals surface area contributed by atoms with E-state index in [4.69, 9.17) is 4.74 Å². The normalized spacial score (nSPS) is 16.4. The molecular formula is C29H20BrN3O3. The molecule has 3 heterocycles. The number of aromatic nitrogens is 1. The molecule has 0 aliphatic carbocycles. The van der Waals surface area contributed by atoms with E-state index in [1.54, 1.807) is 24.5 Å². The minimum Gasteiger partial charge on any atom is -0.481 e. The van der Waals surface area contributed by atoms with Gasteiger partial charge >= 0.3 is 0 Å². The SMILES string of the molecule is O=C(NCC1=CC2Oc3ccccc3C(=O)C2=CN1c1ccc(Br)cn1)c1ccc2ccccc2c1. The van der Waals surface area contributed by atoms with Gasteiger partial charge in [-0.1, -0.05) is 42.5 Å². The summed E-state index contributed by atoms with van der Waals surface area (Å²) in [5, 5.41) is 5.09. The molecule has 6 rings (SSSR count). The van der Waals surface area contributed by atoms with Crippen molar-refractivity contribution >= 4 is 44.2 Å². The van der Waals surface area contributed by atoms with Crippen LogP contribution < -0.4 is 15.0 Å². The first-order valence-electron chi connectivity index (χ1n) is 11.5. The number of para-hydroxylation sites is 1. The number of hydrogen-bond donors (Lipinski definition) is 1. The Labute approximate surface area is 216 Å². The molecule has 0 saturated heterocycles. The number of carbonyl (C=O) groups is 2. The molecule has 1 N–H and O–H groups in total. The van der Waals surface area contributed by atoms with Gasteiger partial charge in [0.1, 0.15) is 17.7 Å². The number of nitrogens with one attached hydrogen (secondary N) is 1.